The molecule has 17 heavy (non-hydrogen) atoms. The molecule has 90 valence electrons. The number of hydrogen-bond donors (Lipinski definition) is 2. The Kier molecular flexibility index (Phi) is 3.24. The molecular weight excluding hydrogens is 224 g/mol. The van der Waals surface area contributed by atoms with Gasteiger partial charge in [-0.2, -0.15) is 0 Å². The van der Waals surface area contributed by atoms with E-state index < -0.39 is 19.1 Å². The Labute approximate surface area is 97.9 Å². The number of alkyl halides is 2. The average Bonchev–Trinajstić information content (AvgIpc) is 2.36. The first-order chi connectivity index (χ1) is 8.11. The van der Waals surface area contributed by atoms with Crippen molar-refractivity contribution in [1.82, 2.24) is 0 Å². The van der Waals surface area contributed by atoms with E-state index in [0.717, 1.165) is 10.8 Å². The summed E-state index contributed by atoms with van der Waals surface area (Å²) in [7, 11) is 0. The molecule has 0 aromatic heterocycles. The minimum atomic E-state index is -3.09. The van der Waals surface area contributed by atoms with Crippen LogP contribution in [-0.4, -0.2) is 24.2 Å². The summed E-state index contributed by atoms with van der Waals surface area (Å²) in [6.07, 6.45) is 0. The van der Waals surface area contributed by atoms with Gasteiger partial charge in [0.05, 0.1) is 6.54 Å². The van der Waals surface area contributed by atoms with Crippen LogP contribution in [0, 0.1) is 0 Å². The van der Waals surface area contributed by atoms with Crippen molar-refractivity contribution in [2.24, 2.45) is 0 Å². The Morgan fingerprint density at radius 3 is 2.47 bits per heavy atom. The maximum Gasteiger partial charge on any atom is 0.287 e. The number of fused-ring (bicyclic) bond motifs is 1. The minimum Gasteiger partial charge on any atom is -0.390 e. The second-order valence-corrected chi connectivity index (χ2v) is 3.93. The van der Waals surface area contributed by atoms with Gasteiger partial charge < -0.3 is 10.4 Å². The van der Waals surface area contributed by atoms with Crippen LogP contribution in [0.25, 0.3) is 10.8 Å². The van der Waals surface area contributed by atoms with E-state index in [2.05, 4.69) is 5.32 Å². The quantitative estimate of drug-likeness (QED) is 0.857. The lowest BCUT2D eigenvalue weighted by Crippen LogP contribution is -2.30. The molecule has 0 aliphatic heterocycles. The minimum absolute atomic E-state index is 0.568. The molecule has 0 aliphatic carbocycles. The Morgan fingerprint density at radius 2 is 1.76 bits per heavy atom. The molecule has 2 rings (SSSR count). The van der Waals surface area contributed by atoms with Crippen LogP contribution in [-0.2, 0) is 0 Å². The number of nitrogens with one attached hydrogen (secondary N) is 1. The molecule has 0 heterocycles. The largest absolute Gasteiger partial charge is 0.390 e. The number of aliphatic hydroxyl groups is 1. The maximum atomic E-state index is 12.8. The predicted octanol–water partition coefficient (Wildman–Crippen LogP) is 2.88. The third-order valence-electron chi connectivity index (χ3n) is 2.53. The van der Waals surface area contributed by atoms with Crippen molar-refractivity contribution in [3.05, 3.63) is 42.5 Å². The van der Waals surface area contributed by atoms with Crippen LogP contribution >= 0.6 is 0 Å². The van der Waals surface area contributed by atoms with Crippen molar-refractivity contribution in [3.8, 4) is 0 Å². The normalized spacial score (nSPS) is 11.7. The second-order valence-electron chi connectivity index (χ2n) is 3.93. The highest BCUT2D eigenvalue weighted by Crippen LogP contribution is 2.20. The third kappa shape index (κ3) is 2.91. The zero-order valence-electron chi connectivity index (χ0n) is 9.16. The van der Waals surface area contributed by atoms with Gasteiger partial charge in [0, 0.05) is 5.69 Å². The molecule has 0 saturated carbocycles. The van der Waals surface area contributed by atoms with E-state index in [0.29, 0.717) is 5.69 Å². The van der Waals surface area contributed by atoms with Gasteiger partial charge in [-0.15, -0.1) is 0 Å². The highest BCUT2D eigenvalue weighted by molar-refractivity contribution is 5.85. The predicted molar refractivity (Wildman–Crippen MR) is 64.5 cm³/mol. The topological polar surface area (TPSA) is 32.3 Å². The maximum absolute atomic E-state index is 12.8. The van der Waals surface area contributed by atoms with E-state index in [4.69, 9.17) is 5.11 Å². The summed E-state index contributed by atoms with van der Waals surface area (Å²) in [5.74, 6) is -3.09. The number of benzene rings is 2. The zero-order valence-corrected chi connectivity index (χ0v) is 9.16. The van der Waals surface area contributed by atoms with Gasteiger partial charge in [-0.3, -0.25) is 0 Å². The Morgan fingerprint density at radius 1 is 1.06 bits per heavy atom. The van der Waals surface area contributed by atoms with E-state index in [9.17, 15) is 8.78 Å². The van der Waals surface area contributed by atoms with Crippen molar-refractivity contribution in [2.75, 3.05) is 18.5 Å². The van der Waals surface area contributed by atoms with Gasteiger partial charge in [0.25, 0.3) is 5.92 Å². The van der Waals surface area contributed by atoms with Gasteiger partial charge in [-0.1, -0.05) is 30.3 Å². The third-order valence-corrected chi connectivity index (χ3v) is 2.53. The standard InChI is InChI=1S/C13H13F2NO/c14-13(15,9-17)8-16-12-6-5-10-3-1-2-4-11(10)7-12/h1-7,16-17H,8-9H2. The molecule has 0 unspecified atom stereocenters. The van der Waals surface area contributed by atoms with E-state index in [1.807, 2.05) is 36.4 Å². The molecule has 0 amide bonds. The van der Waals surface area contributed by atoms with Crippen molar-refractivity contribution in [1.29, 1.82) is 0 Å². The summed E-state index contributed by atoms with van der Waals surface area (Å²) in [4.78, 5) is 0. The van der Waals surface area contributed by atoms with Gasteiger partial charge >= 0.3 is 0 Å². The molecule has 4 heteroatoms. The molecule has 0 atom stereocenters. The summed E-state index contributed by atoms with van der Waals surface area (Å²) in [6.45, 7) is -1.71. The number of hydrogen-bond acceptors (Lipinski definition) is 2. The van der Waals surface area contributed by atoms with Crippen LogP contribution in [0.5, 0.6) is 0 Å². The highest BCUT2D eigenvalue weighted by Gasteiger charge is 2.27. The van der Waals surface area contributed by atoms with Crippen molar-refractivity contribution in [2.45, 2.75) is 5.92 Å². The number of halogens is 2. The van der Waals surface area contributed by atoms with Crippen LogP contribution in [0.3, 0.4) is 0 Å². The van der Waals surface area contributed by atoms with Gasteiger partial charge in [0.2, 0.25) is 0 Å². The summed E-state index contributed by atoms with van der Waals surface area (Å²) >= 11 is 0. The Balaban J connectivity index is 2.14. The van der Waals surface area contributed by atoms with E-state index >= 15 is 0 Å². The molecule has 0 aliphatic rings. The summed E-state index contributed by atoms with van der Waals surface area (Å²) in [5.41, 5.74) is 0.622. The van der Waals surface area contributed by atoms with Crippen LogP contribution in [0.4, 0.5) is 14.5 Å². The Hall–Kier alpha value is -1.68. The number of anilines is 1. The molecule has 0 fully saturated rings. The smallest absolute Gasteiger partial charge is 0.287 e. The fraction of sp³-hybridized carbons (Fsp3) is 0.231. The molecule has 0 spiro atoms. The summed E-state index contributed by atoms with van der Waals surface area (Å²) in [5, 5.41) is 13.1. The lowest BCUT2D eigenvalue weighted by Gasteiger charge is -2.15. The second kappa shape index (κ2) is 4.67. The Bertz CT molecular complexity index is 514. The molecule has 0 bridgehead atoms. The molecule has 0 radical (unpaired) electrons. The number of aliphatic hydroxyl groups excluding tert-OH is 1. The molecule has 2 aromatic carbocycles. The van der Waals surface area contributed by atoms with Crippen molar-refractivity contribution >= 4 is 16.5 Å². The number of rotatable bonds is 4. The van der Waals surface area contributed by atoms with E-state index in [1.54, 1.807) is 6.07 Å². The lowest BCUT2D eigenvalue weighted by atomic mass is 10.1. The van der Waals surface area contributed by atoms with Crippen LogP contribution in [0.1, 0.15) is 0 Å². The average molecular weight is 237 g/mol. The van der Waals surface area contributed by atoms with Gasteiger partial charge in [-0.05, 0) is 22.9 Å². The summed E-state index contributed by atoms with van der Waals surface area (Å²) < 4.78 is 25.7. The lowest BCUT2D eigenvalue weighted by molar-refractivity contribution is -0.0372. The van der Waals surface area contributed by atoms with Crippen molar-refractivity contribution < 1.29 is 13.9 Å². The SMILES string of the molecule is OCC(F)(F)CNc1ccc2ccccc2c1. The van der Waals surface area contributed by atoms with Gasteiger partial charge in [-0.25, -0.2) is 8.78 Å². The van der Waals surface area contributed by atoms with Gasteiger partial charge in [0.1, 0.15) is 6.61 Å². The van der Waals surface area contributed by atoms with Crippen LogP contribution in [0.15, 0.2) is 42.5 Å². The van der Waals surface area contributed by atoms with Crippen LogP contribution < -0.4 is 5.32 Å². The molecule has 2 aromatic rings. The molecule has 2 N–H and O–H groups in total. The first-order valence-corrected chi connectivity index (χ1v) is 5.32. The highest BCUT2D eigenvalue weighted by atomic mass is 19.3. The summed E-state index contributed by atoms with van der Waals surface area (Å²) in [6, 6.07) is 13.1. The van der Waals surface area contributed by atoms with Crippen LogP contribution in [0.2, 0.25) is 0 Å². The fourth-order valence-electron chi connectivity index (χ4n) is 1.59. The van der Waals surface area contributed by atoms with E-state index in [-0.39, 0.29) is 0 Å². The molecule has 2 nitrogen and oxygen atoms in total. The fourth-order valence-corrected chi connectivity index (χ4v) is 1.59. The van der Waals surface area contributed by atoms with E-state index in [1.165, 1.54) is 0 Å². The monoisotopic (exact) mass is 237 g/mol. The molecule has 0 saturated heterocycles. The first kappa shape index (κ1) is 11.8. The molecular formula is C13H13F2NO. The zero-order chi connectivity index (χ0) is 12.3. The first-order valence-electron chi connectivity index (χ1n) is 5.32. The van der Waals surface area contributed by atoms with Gasteiger partial charge in [0.15, 0.2) is 0 Å². The van der Waals surface area contributed by atoms with Crippen molar-refractivity contribution in [3.63, 3.8) is 0 Å².